The monoisotopic (exact) mass is 333 g/mol. The number of hydrogen-bond donors (Lipinski definition) is 2. The number of rotatable bonds is 7. The number of carbonyl (C=O) groups is 3. The SMILES string of the molecule is CCN(CC(=O)Nc1ccc(C(C)=O)cc1)CC(=O)NC(C)(C)C. The lowest BCUT2D eigenvalue weighted by molar-refractivity contribution is -0.124. The Balaban J connectivity index is 2.55. The van der Waals surface area contributed by atoms with Crippen molar-refractivity contribution in [3.8, 4) is 0 Å². The maximum absolute atomic E-state index is 12.1. The molecular formula is C18H27N3O3. The number of carbonyl (C=O) groups excluding carboxylic acids is 3. The van der Waals surface area contributed by atoms with Gasteiger partial charge in [0.15, 0.2) is 5.78 Å². The average molecular weight is 333 g/mol. The van der Waals surface area contributed by atoms with E-state index >= 15 is 0 Å². The van der Waals surface area contributed by atoms with Gasteiger partial charge in [0.1, 0.15) is 0 Å². The minimum Gasteiger partial charge on any atom is -0.350 e. The molecule has 0 aliphatic rings. The summed E-state index contributed by atoms with van der Waals surface area (Å²) in [4.78, 5) is 37.1. The van der Waals surface area contributed by atoms with Crippen LogP contribution < -0.4 is 10.6 Å². The smallest absolute Gasteiger partial charge is 0.238 e. The largest absolute Gasteiger partial charge is 0.350 e. The Labute approximate surface area is 143 Å². The third-order valence-corrected chi connectivity index (χ3v) is 3.27. The summed E-state index contributed by atoms with van der Waals surface area (Å²) in [5, 5.41) is 5.65. The second-order valence-corrected chi connectivity index (χ2v) is 6.78. The van der Waals surface area contributed by atoms with Crippen molar-refractivity contribution in [3.05, 3.63) is 29.8 Å². The van der Waals surface area contributed by atoms with E-state index in [1.165, 1.54) is 6.92 Å². The molecule has 1 rings (SSSR count). The van der Waals surface area contributed by atoms with Crippen LogP contribution in [0.25, 0.3) is 0 Å². The summed E-state index contributed by atoms with van der Waals surface area (Å²) in [6.45, 7) is 10.0. The zero-order valence-corrected chi connectivity index (χ0v) is 15.1. The second-order valence-electron chi connectivity index (χ2n) is 6.78. The Hall–Kier alpha value is -2.21. The molecule has 1 aromatic carbocycles. The van der Waals surface area contributed by atoms with E-state index in [1.807, 2.05) is 27.7 Å². The number of amides is 2. The van der Waals surface area contributed by atoms with Crippen LogP contribution in [-0.4, -0.2) is 47.7 Å². The van der Waals surface area contributed by atoms with Crippen LogP contribution in [0.1, 0.15) is 45.0 Å². The molecule has 0 saturated heterocycles. The molecule has 0 unspecified atom stereocenters. The molecule has 0 heterocycles. The topological polar surface area (TPSA) is 78.5 Å². The maximum atomic E-state index is 12.1. The molecule has 2 amide bonds. The molecule has 132 valence electrons. The molecule has 0 radical (unpaired) electrons. The summed E-state index contributed by atoms with van der Waals surface area (Å²) in [7, 11) is 0. The molecule has 0 bridgehead atoms. The summed E-state index contributed by atoms with van der Waals surface area (Å²) in [6, 6.07) is 6.73. The first-order chi connectivity index (χ1) is 11.1. The lowest BCUT2D eigenvalue weighted by Crippen LogP contribution is -2.47. The third kappa shape index (κ3) is 7.37. The molecule has 0 aliphatic heterocycles. The van der Waals surface area contributed by atoms with Gasteiger partial charge in [0.25, 0.3) is 0 Å². The Morgan fingerprint density at radius 3 is 2.00 bits per heavy atom. The molecule has 0 aromatic heterocycles. The molecule has 6 heteroatoms. The summed E-state index contributed by atoms with van der Waals surface area (Å²) in [6.07, 6.45) is 0. The number of ketones is 1. The first-order valence-electron chi connectivity index (χ1n) is 8.05. The number of anilines is 1. The van der Waals surface area contributed by atoms with Crippen molar-refractivity contribution < 1.29 is 14.4 Å². The Bertz CT molecular complexity index is 589. The molecule has 24 heavy (non-hydrogen) atoms. The lowest BCUT2D eigenvalue weighted by Gasteiger charge is -2.24. The molecule has 6 nitrogen and oxygen atoms in total. The van der Waals surface area contributed by atoms with Crippen molar-refractivity contribution in [2.75, 3.05) is 25.0 Å². The Morgan fingerprint density at radius 1 is 1.00 bits per heavy atom. The standard InChI is InChI=1S/C18H27N3O3/c1-6-21(12-17(24)20-18(3,4)5)11-16(23)19-15-9-7-14(8-10-15)13(2)22/h7-10H,6,11-12H2,1-5H3,(H,19,23)(H,20,24). The van der Waals surface area contributed by atoms with E-state index in [4.69, 9.17) is 0 Å². The number of Topliss-reactive ketones (excluding diaryl/α,β-unsaturated/α-hetero) is 1. The fraction of sp³-hybridized carbons (Fsp3) is 0.500. The molecular weight excluding hydrogens is 306 g/mol. The number of nitrogens with one attached hydrogen (secondary N) is 2. The minimum atomic E-state index is -0.294. The van der Waals surface area contributed by atoms with Crippen molar-refractivity contribution in [1.29, 1.82) is 0 Å². The van der Waals surface area contributed by atoms with Gasteiger partial charge in [0.05, 0.1) is 13.1 Å². The maximum Gasteiger partial charge on any atom is 0.238 e. The van der Waals surface area contributed by atoms with Crippen molar-refractivity contribution >= 4 is 23.3 Å². The summed E-state index contributed by atoms with van der Waals surface area (Å²) in [5.41, 5.74) is 0.930. The zero-order chi connectivity index (χ0) is 18.3. The van der Waals surface area contributed by atoms with Crippen LogP contribution in [0.5, 0.6) is 0 Å². The third-order valence-electron chi connectivity index (χ3n) is 3.27. The van der Waals surface area contributed by atoms with Gasteiger partial charge in [-0.15, -0.1) is 0 Å². The van der Waals surface area contributed by atoms with Gasteiger partial charge in [-0.05, 0) is 58.5 Å². The van der Waals surface area contributed by atoms with Gasteiger partial charge in [-0.1, -0.05) is 6.92 Å². The van der Waals surface area contributed by atoms with E-state index in [2.05, 4.69) is 10.6 Å². The van der Waals surface area contributed by atoms with Gasteiger partial charge in [-0.25, -0.2) is 0 Å². The highest BCUT2D eigenvalue weighted by Gasteiger charge is 2.17. The Kier molecular flexibility index (Phi) is 7.10. The average Bonchev–Trinajstić information content (AvgIpc) is 2.44. The van der Waals surface area contributed by atoms with Crippen LogP contribution in [-0.2, 0) is 9.59 Å². The van der Waals surface area contributed by atoms with E-state index in [0.717, 1.165) is 0 Å². The zero-order valence-electron chi connectivity index (χ0n) is 15.1. The molecule has 0 atom stereocenters. The van der Waals surface area contributed by atoms with Crippen molar-refractivity contribution in [1.82, 2.24) is 10.2 Å². The Morgan fingerprint density at radius 2 is 1.54 bits per heavy atom. The molecule has 2 N–H and O–H groups in total. The van der Waals surface area contributed by atoms with E-state index in [0.29, 0.717) is 17.8 Å². The van der Waals surface area contributed by atoms with Crippen LogP contribution in [0.3, 0.4) is 0 Å². The molecule has 0 aliphatic carbocycles. The van der Waals surface area contributed by atoms with Crippen LogP contribution in [0.15, 0.2) is 24.3 Å². The number of nitrogens with zero attached hydrogens (tertiary/aromatic N) is 1. The summed E-state index contributed by atoms with van der Waals surface area (Å²) in [5.74, 6) is -0.325. The molecule has 0 fully saturated rings. The van der Waals surface area contributed by atoms with Crippen molar-refractivity contribution in [2.45, 2.75) is 40.2 Å². The van der Waals surface area contributed by atoms with Gasteiger partial charge in [0, 0.05) is 16.8 Å². The van der Waals surface area contributed by atoms with E-state index in [1.54, 1.807) is 29.2 Å². The minimum absolute atomic E-state index is 0.0186. The number of benzene rings is 1. The number of hydrogen-bond acceptors (Lipinski definition) is 4. The van der Waals surface area contributed by atoms with Gasteiger partial charge < -0.3 is 10.6 Å². The van der Waals surface area contributed by atoms with Crippen LogP contribution >= 0.6 is 0 Å². The van der Waals surface area contributed by atoms with Crippen molar-refractivity contribution in [2.24, 2.45) is 0 Å². The predicted octanol–water partition coefficient (Wildman–Crippen LogP) is 2.06. The van der Waals surface area contributed by atoms with Crippen LogP contribution in [0.4, 0.5) is 5.69 Å². The van der Waals surface area contributed by atoms with Crippen molar-refractivity contribution in [3.63, 3.8) is 0 Å². The second kappa shape index (κ2) is 8.59. The molecule has 1 aromatic rings. The summed E-state index contributed by atoms with van der Waals surface area (Å²) >= 11 is 0. The van der Waals surface area contributed by atoms with Gasteiger partial charge >= 0.3 is 0 Å². The first-order valence-corrected chi connectivity index (χ1v) is 8.05. The first kappa shape index (κ1) is 19.8. The van der Waals surface area contributed by atoms with Crippen LogP contribution in [0.2, 0.25) is 0 Å². The fourth-order valence-electron chi connectivity index (χ4n) is 2.13. The number of likely N-dealkylation sites (N-methyl/N-ethyl adjacent to an activating group) is 1. The predicted molar refractivity (Wildman–Crippen MR) is 95.1 cm³/mol. The highest BCUT2D eigenvalue weighted by molar-refractivity contribution is 5.96. The van der Waals surface area contributed by atoms with Crippen LogP contribution in [0, 0.1) is 0 Å². The van der Waals surface area contributed by atoms with Gasteiger partial charge in [0.2, 0.25) is 11.8 Å². The van der Waals surface area contributed by atoms with E-state index in [-0.39, 0.29) is 36.2 Å². The van der Waals surface area contributed by atoms with Gasteiger partial charge in [-0.2, -0.15) is 0 Å². The highest BCUT2D eigenvalue weighted by Crippen LogP contribution is 2.10. The van der Waals surface area contributed by atoms with E-state index in [9.17, 15) is 14.4 Å². The molecule has 0 saturated carbocycles. The lowest BCUT2D eigenvalue weighted by atomic mass is 10.1. The quantitative estimate of drug-likeness (QED) is 0.749. The van der Waals surface area contributed by atoms with Gasteiger partial charge in [-0.3, -0.25) is 19.3 Å². The summed E-state index contributed by atoms with van der Waals surface area (Å²) < 4.78 is 0. The fourth-order valence-corrected chi connectivity index (χ4v) is 2.13. The highest BCUT2D eigenvalue weighted by atomic mass is 16.2. The molecule has 0 spiro atoms. The van der Waals surface area contributed by atoms with E-state index < -0.39 is 0 Å². The normalized spacial score (nSPS) is 11.2.